The SMILES string of the molecule is Cc1cc(NC(=O)C2(C(=O)N(C)c3ccccc3)CC2)no1. The molecule has 2 aromatic rings. The van der Waals surface area contributed by atoms with Crippen LogP contribution in [-0.4, -0.2) is 24.0 Å². The van der Waals surface area contributed by atoms with Crippen LogP contribution >= 0.6 is 0 Å². The highest BCUT2D eigenvalue weighted by molar-refractivity contribution is 6.17. The van der Waals surface area contributed by atoms with Crippen molar-refractivity contribution in [2.75, 3.05) is 17.3 Å². The Hall–Kier alpha value is -2.63. The average Bonchev–Trinajstić information content (AvgIpc) is 3.25. The Morgan fingerprint density at radius 2 is 1.95 bits per heavy atom. The fourth-order valence-electron chi connectivity index (χ4n) is 2.41. The quantitative estimate of drug-likeness (QED) is 0.879. The Kier molecular flexibility index (Phi) is 3.44. The molecular weight excluding hydrogens is 282 g/mol. The third kappa shape index (κ3) is 2.47. The van der Waals surface area contributed by atoms with Gasteiger partial charge >= 0.3 is 0 Å². The number of carbonyl (C=O) groups is 2. The lowest BCUT2D eigenvalue weighted by molar-refractivity contribution is -0.132. The van der Waals surface area contributed by atoms with Crippen LogP contribution in [0.4, 0.5) is 11.5 Å². The van der Waals surface area contributed by atoms with Gasteiger partial charge in [0.2, 0.25) is 11.8 Å². The van der Waals surface area contributed by atoms with Crippen LogP contribution in [0.15, 0.2) is 40.9 Å². The van der Waals surface area contributed by atoms with Crippen LogP contribution in [0.5, 0.6) is 0 Å². The van der Waals surface area contributed by atoms with Gasteiger partial charge in [-0.25, -0.2) is 0 Å². The van der Waals surface area contributed by atoms with E-state index in [0.717, 1.165) is 5.69 Å². The minimum atomic E-state index is -0.989. The predicted molar refractivity (Wildman–Crippen MR) is 81.4 cm³/mol. The summed E-state index contributed by atoms with van der Waals surface area (Å²) < 4.78 is 4.92. The van der Waals surface area contributed by atoms with Crippen LogP contribution < -0.4 is 10.2 Å². The number of amides is 2. The molecule has 1 heterocycles. The number of aromatic nitrogens is 1. The lowest BCUT2D eigenvalue weighted by atomic mass is 10.0. The Labute approximate surface area is 128 Å². The molecule has 0 spiro atoms. The third-order valence-corrected chi connectivity index (χ3v) is 3.91. The molecule has 6 nitrogen and oxygen atoms in total. The molecule has 0 saturated heterocycles. The molecule has 1 aromatic heterocycles. The summed E-state index contributed by atoms with van der Waals surface area (Å²) in [6.07, 6.45) is 1.09. The smallest absolute Gasteiger partial charge is 0.242 e. The number of para-hydroxylation sites is 1. The zero-order valence-electron chi connectivity index (χ0n) is 12.5. The second kappa shape index (κ2) is 5.29. The molecule has 0 unspecified atom stereocenters. The van der Waals surface area contributed by atoms with Crippen molar-refractivity contribution >= 4 is 23.3 Å². The lowest BCUT2D eigenvalue weighted by Crippen LogP contribution is -2.41. The fraction of sp³-hybridized carbons (Fsp3) is 0.312. The van der Waals surface area contributed by atoms with Crippen molar-refractivity contribution in [3.8, 4) is 0 Å². The molecule has 2 amide bonds. The Morgan fingerprint density at radius 3 is 2.50 bits per heavy atom. The second-order valence-corrected chi connectivity index (χ2v) is 5.56. The summed E-state index contributed by atoms with van der Waals surface area (Å²) in [6.45, 7) is 1.74. The summed E-state index contributed by atoms with van der Waals surface area (Å²) in [5.41, 5.74) is -0.221. The molecule has 1 N–H and O–H groups in total. The van der Waals surface area contributed by atoms with Gasteiger partial charge in [-0.05, 0) is 31.9 Å². The number of nitrogens with zero attached hydrogens (tertiary/aromatic N) is 2. The number of benzene rings is 1. The van der Waals surface area contributed by atoms with Crippen molar-refractivity contribution in [3.63, 3.8) is 0 Å². The Balaban J connectivity index is 1.75. The zero-order valence-corrected chi connectivity index (χ0v) is 12.5. The molecule has 114 valence electrons. The van der Waals surface area contributed by atoms with E-state index in [2.05, 4.69) is 10.5 Å². The maximum Gasteiger partial charge on any atom is 0.242 e. The van der Waals surface area contributed by atoms with E-state index in [0.29, 0.717) is 24.4 Å². The van der Waals surface area contributed by atoms with Gasteiger partial charge in [-0.1, -0.05) is 23.4 Å². The van der Waals surface area contributed by atoms with Crippen LogP contribution in [0.3, 0.4) is 0 Å². The molecule has 0 aliphatic heterocycles. The van der Waals surface area contributed by atoms with E-state index >= 15 is 0 Å². The first-order valence-electron chi connectivity index (χ1n) is 7.11. The minimum Gasteiger partial charge on any atom is -0.360 e. The molecule has 6 heteroatoms. The number of carbonyl (C=O) groups excluding carboxylic acids is 2. The van der Waals surface area contributed by atoms with E-state index in [1.54, 1.807) is 20.0 Å². The van der Waals surface area contributed by atoms with E-state index in [-0.39, 0.29) is 11.8 Å². The minimum absolute atomic E-state index is 0.198. The van der Waals surface area contributed by atoms with Crippen molar-refractivity contribution in [3.05, 3.63) is 42.2 Å². The molecule has 1 aliphatic rings. The van der Waals surface area contributed by atoms with Crippen molar-refractivity contribution in [1.29, 1.82) is 0 Å². The van der Waals surface area contributed by atoms with Crippen molar-refractivity contribution < 1.29 is 14.1 Å². The van der Waals surface area contributed by atoms with Crippen LogP contribution in [-0.2, 0) is 9.59 Å². The summed E-state index contributed by atoms with van der Waals surface area (Å²) >= 11 is 0. The molecule has 3 rings (SSSR count). The summed E-state index contributed by atoms with van der Waals surface area (Å²) in [4.78, 5) is 26.7. The highest BCUT2D eigenvalue weighted by Gasteiger charge is 2.58. The number of rotatable bonds is 4. The maximum atomic E-state index is 12.7. The second-order valence-electron chi connectivity index (χ2n) is 5.56. The zero-order chi connectivity index (χ0) is 15.7. The van der Waals surface area contributed by atoms with Crippen LogP contribution in [0.25, 0.3) is 0 Å². The molecule has 1 saturated carbocycles. The van der Waals surface area contributed by atoms with Crippen LogP contribution in [0.2, 0.25) is 0 Å². The number of anilines is 2. The standard InChI is InChI=1S/C16H17N3O3/c1-11-10-13(18-22-11)17-14(20)16(8-9-16)15(21)19(2)12-6-4-3-5-7-12/h3-7,10H,8-9H2,1-2H3,(H,17,18,20). The van der Waals surface area contributed by atoms with Gasteiger partial charge in [0.15, 0.2) is 5.82 Å². The monoisotopic (exact) mass is 299 g/mol. The van der Waals surface area contributed by atoms with E-state index in [1.165, 1.54) is 4.90 Å². The molecule has 0 radical (unpaired) electrons. The maximum absolute atomic E-state index is 12.7. The largest absolute Gasteiger partial charge is 0.360 e. The highest BCUT2D eigenvalue weighted by Crippen LogP contribution is 2.48. The van der Waals surface area contributed by atoms with E-state index in [4.69, 9.17) is 4.52 Å². The topological polar surface area (TPSA) is 75.4 Å². The first-order valence-corrected chi connectivity index (χ1v) is 7.11. The lowest BCUT2D eigenvalue weighted by Gasteiger charge is -2.22. The van der Waals surface area contributed by atoms with Gasteiger partial charge in [0, 0.05) is 18.8 Å². The highest BCUT2D eigenvalue weighted by atomic mass is 16.5. The molecule has 22 heavy (non-hydrogen) atoms. The average molecular weight is 299 g/mol. The predicted octanol–water partition coefficient (Wildman–Crippen LogP) is 2.36. The van der Waals surface area contributed by atoms with Crippen LogP contribution in [0.1, 0.15) is 18.6 Å². The van der Waals surface area contributed by atoms with Gasteiger partial charge in [0.1, 0.15) is 11.2 Å². The molecule has 1 fully saturated rings. The first-order chi connectivity index (χ1) is 10.5. The summed E-state index contributed by atoms with van der Waals surface area (Å²) in [7, 11) is 1.69. The number of hydrogen-bond donors (Lipinski definition) is 1. The Bertz CT molecular complexity index is 704. The molecular formula is C16H17N3O3. The van der Waals surface area contributed by atoms with Crippen LogP contribution in [0, 0.1) is 12.3 Å². The van der Waals surface area contributed by atoms with Gasteiger partial charge in [0.25, 0.3) is 0 Å². The Morgan fingerprint density at radius 1 is 1.27 bits per heavy atom. The number of nitrogens with one attached hydrogen (secondary N) is 1. The van der Waals surface area contributed by atoms with Gasteiger partial charge < -0.3 is 14.7 Å². The fourth-order valence-corrected chi connectivity index (χ4v) is 2.41. The van der Waals surface area contributed by atoms with Gasteiger partial charge in [-0.3, -0.25) is 9.59 Å². The molecule has 1 aliphatic carbocycles. The van der Waals surface area contributed by atoms with Gasteiger partial charge in [0.05, 0.1) is 0 Å². The van der Waals surface area contributed by atoms with E-state index in [9.17, 15) is 9.59 Å². The molecule has 0 bridgehead atoms. The summed E-state index contributed by atoms with van der Waals surface area (Å²) in [5, 5.41) is 6.39. The summed E-state index contributed by atoms with van der Waals surface area (Å²) in [6, 6.07) is 10.9. The van der Waals surface area contributed by atoms with Crippen molar-refractivity contribution in [2.24, 2.45) is 5.41 Å². The number of hydrogen-bond acceptors (Lipinski definition) is 4. The first kappa shape index (κ1) is 14.3. The van der Waals surface area contributed by atoms with E-state index in [1.807, 2.05) is 30.3 Å². The molecule has 1 aromatic carbocycles. The summed E-state index contributed by atoms with van der Waals surface area (Å²) in [5.74, 6) is 0.418. The van der Waals surface area contributed by atoms with Crippen molar-refractivity contribution in [1.82, 2.24) is 5.16 Å². The third-order valence-electron chi connectivity index (χ3n) is 3.91. The van der Waals surface area contributed by atoms with Crippen molar-refractivity contribution in [2.45, 2.75) is 19.8 Å². The normalized spacial score (nSPS) is 15.2. The van der Waals surface area contributed by atoms with E-state index < -0.39 is 5.41 Å². The van der Waals surface area contributed by atoms with Gasteiger partial charge in [-0.2, -0.15) is 0 Å². The molecule has 0 atom stereocenters. The van der Waals surface area contributed by atoms with Gasteiger partial charge in [-0.15, -0.1) is 0 Å². The number of aryl methyl sites for hydroxylation is 1.